The molecule has 0 spiro atoms. The Hall–Kier alpha value is -2.71. The van der Waals surface area contributed by atoms with Gasteiger partial charge in [-0.25, -0.2) is 4.98 Å². The van der Waals surface area contributed by atoms with E-state index in [1.54, 1.807) is 6.33 Å². The van der Waals surface area contributed by atoms with Crippen molar-refractivity contribution in [1.82, 2.24) is 19.5 Å². The number of aliphatic hydroxyl groups is 1. The number of aromatic nitrogens is 4. The number of aliphatic hydroxyl groups excluding tert-OH is 1. The number of anilines is 1. The highest BCUT2D eigenvalue weighted by Crippen LogP contribution is 2.24. The van der Waals surface area contributed by atoms with Gasteiger partial charge in [0.15, 0.2) is 11.2 Å². The second-order valence-corrected chi connectivity index (χ2v) is 7.36. The molecule has 3 rings (SSSR count). The lowest BCUT2D eigenvalue weighted by molar-refractivity contribution is -0.873. The van der Waals surface area contributed by atoms with Crippen molar-refractivity contribution < 1.29 is 14.3 Å². The van der Waals surface area contributed by atoms with E-state index in [1.807, 2.05) is 56.0 Å². The van der Waals surface area contributed by atoms with E-state index in [0.29, 0.717) is 41.2 Å². The van der Waals surface area contributed by atoms with Crippen LogP contribution >= 0.6 is 0 Å². The first kappa shape index (κ1) is 18.1. The Kier molecular flexibility index (Phi) is 5.06. The molecule has 3 aromatic rings. The summed E-state index contributed by atoms with van der Waals surface area (Å²) in [6.45, 7) is 1.34. The van der Waals surface area contributed by atoms with E-state index in [-0.39, 0.29) is 5.95 Å². The highest BCUT2D eigenvalue weighted by atomic mass is 16.5. The van der Waals surface area contributed by atoms with Gasteiger partial charge in [0.1, 0.15) is 19.3 Å². The number of hydrogen-bond acceptors (Lipinski definition) is 6. The quantitative estimate of drug-likeness (QED) is 0.613. The third-order valence-corrected chi connectivity index (χ3v) is 3.84. The minimum atomic E-state index is -0.535. The summed E-state index contributed by atoms with van der Waals surface area (Å²) in [6.07, 6.45) is 1.10. The van der Waals surface area contributed by atoms with Gasteiger partial charge in [0, 0.05) is 0 Å². The first-order valence-electron chi connectivity index (χ1n) is 8.45. The van der Waals surface area contributed by atoms with Crippen LogP contribution in [0.4, 0.5) is 5.95 Å². The summed E-state index contributed by atoms with van der Waals surface area (Å²) in [5.41, 5.74) is 7.90. The predicted molar refractivity (Wildman–Crippen MR) is 99.4 cm³/mol. The average molecular weight is 357 g/mol. The molecule has 0 aliphatic rings. The monoisotopic (exact) mass is 357 g/mol. The maximum absolute atomic E-state index is 10.4. The number of fused-ring (bicyclic) bond motifs is 1. The number of imidazole rings is 1. The van der Waals surface area contributed by atoms with Crippen LogP contribution in [0.2, 0.25) is 0 Å². The minimum Gasteiger partial charge on any atom is -0.471 e. The molecule has 0 saturated heterocycles. The van der Waals surface area contributed by atoms with Crippen molar-refractivity contribution in [3.8, 4) is 5.88 Å². The van der Waals surface area contributed by atoms with Gasteiger partial charge in [-0.3, -0.25) is 0 Å². The summed E-state index contributed by atoms with van der Waals surface area (Å²) in [5.74, 6) is 0.476. The largest absolute Gasteiger partial charge is 0.471 e. The molecule has 0 amide bonds. The average Bonchev–Trinajstić information content (AvgIpc) is 2.94. The fraction of sp³-hybridized carbons (Fsp3) is 0.389. The fourth-order valence-corrected chi connectivity index (χ4v) is 2.84. The summed E-state index contributed by atoms with van der Waals surface area (Å²) >= 11 is 0. The molecule has 0 fully saturated rings. The first-order chi connectivity index (χ1) is 12.3. The maximum atomic E-state index is 10.4. The van der Waals surface area contributed by atoms with E-state index in [1.165, 1.54) is 0 Å². The number of ether oxygens (including phenoxy) is 1. The van der Waals surface area contributed by atoms with Crippen LogP contribution in [0.25, 0.3) is 11.2 Å². The van der Waals surface area contributed by atoms with Gasteiger partial charge in [-0.1, -0.05) is 30.3 Å². The number of nitrogens with two attached hydrogens (primary N) is 1. The molecule has 0 radical (unpaired) electrons. The SMILES string of the molecule is C[N+](C)(C)CC(O)Cn1cnc2nc(N)nc(OCc3ccccc3)c21. The summed E-state index contributed by atoms with van der Waals surface area (Å²) in [7, 11) is 6.11. The van der Waals surface area contributed by atoms with Gasteiger partial charge in [0.05, 0.1) is 34.0 Å². The number of nitrogen functional groups attached to an aromatic ring is 1. The first-order valence-corrected chi connectivity index (χ1v) is 8.45. The highest BCUT2D eigenvalue weighted by molar-refractivity contribution is 5.77. The number of nitrogens with zero attached hydrogens (tertiary/aromatic N) is 5. The van der Waals surface area contributed by atoms with Crippen molar-refractivity contribution in [2.75, 3.05) is 33.4 Å². The molecule has 1 unspecified atom stereocenters. The van der Waals surface area contributed by atoms with Crippen molar-refractivity contribution in [1.29, 1.82) is 0 Å². The molecule has 2 aromatic heterocycles. The lowest BCUT2D eigenvalue weighted by Gasteiger charge is -2.26. The summed E-state index contributed by atoms with van der Waals surface area (Å²) in [6, 6.07) is 9.81. The van der Waals surface area contributed by atoms with Crippen molar-refractivity contribution in [2.45, 2.75) is 19.3 Å². The second kappa shape index (κ2) is 7.27. The third kappa shape index (κ3) is 4.47. The highest BCUT2D eigenvalue weighted by Gasteiger charge is 2.20. The molecule has 26 heavy (non-hydrogen) atoms. The molecule has 138 valence electrons. The number of quaternary nitrogens is 1. The van der Waals surface area contributed by atoms with Crippen LogP contribution in [-0.2, 0) is 13.2 Å². The molecule has 1 aromatic carbocycles. The van der Waals surface area contributed by atoms with E-state index in [4.69, 9.17) is 10.5 Å². The molecule has 1 atom stereocenters. The maximum Gasteiger partial charge on any atom is 0.245 e. The Morgan fingerprint density at radius 3 is 2.62 bits per heavy atom. The van der Waals surface area contributed by atoms with Crippen molar-refractivity contribution in [3.05, 3.63) is 42.2 Å². The van der Waals surface area contributed by atoms with E-state index in [9.17, 15) is 5.11 Å². The van der Waals surface area contributed by atoms with Crippen LogP contribution < -0.4 is 10.5 Å². The van der Waals surface area contributed by atoms with Crippen LogP contribution in [0.15, 0.2) is 36.7 Å². The topological polar surface area (TPSA) is 99.1 Å². The van der Waals surface area contributed by atoms with E-state index >= 15 is 0 Å². The van der Waals surface area contributed by atoms with Crippen molar-refractivity contribution in [2.24, 2.45) is 0 Å². The fourth-order valence-electron chi connectivity index (χ4n) is 2.84. The summed E-state index contributed by atoms with van der Waals surface area (Å²) in [5, 5.41) is 10.4. The molecule has 2 heterocycles. The Labute approximate surface area is 152 Å². The molecule has 8 nitrogen and oxygen atoms in total. The van der Waals surface area contributed by atoms with Gasteiger partial charge in [-0.05, 0) is 5.56 Å². The van der Waals surface area contributed by atoms with E-state index < -0.39 is 6.10 Å². The summed E-state index contributed by atoms with van der Waals surface area (Å²) in [4.78, 5) is 12.7. The molecular weight excluding hydrogens is 332 g/mol. The third-order valence-electron chi connectivity index (χ3n) is 3.84. The summed E-state index contributed by atoms with van der Waals surface area (Å²) < 4.78 is 8.37. The van der Waals surface area contributed by atoms with Crippen LogP contribution in [0.3, 0.4) is 0 Å². The molecule has 0 bridgehead atoms. The molecule has 8 heteroatoms. The van der Waals surface area contributed by atoms with Gasteiger partial charge in [0.25, 0.3) is 0 Å². The Morgan fingerprint density at radius 2 is 1.92 bits per heavy atom. The zero-order chi connectivity index (χ0) is 18.7. The Balaban J connectivity index is 1.86. The number of likely N-dealkylation sites (N-methyl/N-ethyl adjacent to an activating group) is 1. The lowest BCUT2D eigenvalue weighted by Crippen LogP contribution is -2.42. The van der Waals surface area contributed by atoms with Crippen LogP contribution in [0.1, 0.15) is 5.56 Å². The normalized spacial score (nSPS) is 13.1. The van der Waals surface area contributed by atoms with Gasteiger partial charge < -0.3 is 24.6 Å². The molecular formula is C18H25N6O2+. The Bertz CT molecular complexity index is 873. The van der Waals surface area contributed by atoms with Gasteiger partial charge in [0.2, 0.25) is 11.8 Å². The van der Waals surface area contributed by atoms with E-state index in [0.717, 1.165) is 5.56 Å². The van der Waals surface area contributed by atoms with Crippen LogP contribution in [0, 0.1) is 0 Å². The van der Waals surface area contributed by atoms with Crippen molar-refractivity contribution >= 4 is 17.1 Å². The van der Waals surface area contributed by atoms with Gasteiger partial charge in [-0.2, -0.15) is 9.97 Å². The molecule has 0 saturated carbocycles. The minimum absolute atomic E-state index is 0.109. The predicted octanol–water partition coefficient (Wildman–Crippen LogP) is 1.05. The van der Waals surface area contributed by atoms with Gasteiger partial charge >= 0.3 is 0 Å². The van der Waals surface area contributed by atoms with Crippen LogP contribution in [0.5, 0.6) is 5.88 Å². The second-order valence-electron chi connectivity index (χ2n) is 7.36. The van der Waals surface area contributed by atoms with Gasteiger partial charge in [-0.15, -0.1) is 0 Å². The zero-order valence-electron chi connectivity index (χ0n) is 15.3. The smallest absolute Gasteiger partial charge is 0.245 e. The zero-order valence-corrected chi connectivity index (χ0v) is 15.3. The lowest BCUT2D eigenvalue weighted by atomic mass is 10.2. The van der Waals surface area contributed by atoms with E-state index in [2.05, 4.69) is 15.0 Å². The number of rotatable bonds is 7. The molecule has 3 N–H and O–H groups in total. The van der Waals surface area contributed by atoms with Crippen molar-refractivity contribution in [3.63, 3.8) is 0 Å². The molecule has 0 aliphatic carbocycles. The standard InChI is InChI=1S/C18H25N6O2/c1-24(2,3)10-14(25)9-23-12-20-16-15(23)17(22-18(19)21-16)26-11-13-7-5-4-6-8-13/h4-8,12,14,25H,9-11H2,1-3H3,(H2,19,21,22)/q+1. The Morgan fingerprint density at radius 1 is 1.19 bits per heavy atom. The number of benzene rings is 1. The number of hydrogen-bond donors (Lipinski definition) is 2. The molecule has 0 aliphatic heterocycles. The van der Waals surface area contributed by atoms with Crippen LogP contribution in [-0.4, -0.2) is 62.9 Å².